The molecule has 1 aliphatic heterocycles. The average Bonchev–Trinajstić information content (AvgIpc) is 2.90. The molecule has 6 nitrogen and oxygen atoms in total. The minimum absolute atomic E-state index is 0.0510. The molecule has 0 saturated carbocycles. The molecule has 9 heteroatoms. The molecule has 1 unspecified atom stereocenters. The van der Waals surface area contributed by atoms with Crippen LogP contribution >= 0.6 is 22.3 Å². The molecule has 1 saturated heterocycles. The lowest BCUT2D eigenvalue weighted by Gasteiger charge is -2.09. The van der Waals surface area contributed by atoms with Crippen LogP contribution in [0.15, 0.2) is 22.6 Å². The standard InChI is InChI=1S/C11H8Cl2N2O4S/c12-6-1-2-9-8(3-6)14-11(19-9)15-5-7(4-10(15)16)20(13,17)18/h1-3,7H,4-5H2. The van der Waals surface area contributed by atoms with Gasteiger partial charge in [0.2, 0.25) is 15.0 Å². The molecule has 0 spiro atoms. The van der Waals surface area contributed by atoms with E-state index in [1.807, 2.05) is 0 Å². The van der Waals surface area contributed by atoms with Gasteiger partial charge in [-0.2, -0.15) is 4.98 Å². The Morgan fingerprint density at radius 3 is 2.80 bits per heavy atom. The highest BCUT2D eigenvalue weighted by Gasteiger charge is 2.40. The number of fused-ring (bicyclic) bond motifs is 1. The van der Waals surface area contributed by atoms with Crippen molar-refractivity contribution in [2.75, 3.05) is 11.4 Å². The van der Waals surface area contributed by atoms with E-state index in [2.05, 4.69) is 4.98 Å². The van der Waals surface area contributed by atoms with Gasteiger partial charge < -0.3 is 4.42 Å². The molecule has 1 fully saturated rings. The summed E-state index contributed by atoms with van der Waals surface area (Å²) < 4.78 is 28.0. The number of hydrogen-bond acceptors (Lipinski definition) is 5. The Kier molecular flexibility index (Phi) is 3.15. The average molecular weight is 335 g/mol. The Labute approximate surface area is 123 Å². The molecule has 2 heterocycles. The van der Waals surface area contributed by atoms with Crippen molar-refractivity contribution in [2.45, 2.75) is 11.7 Å². The lowest BCUT2D eigenvalue weighted by molar-refractivity contribution is -0.117. The summed E-state index contributed by atoms with van der Waals surface area (Å²) in [6, 6.07) is 4.91. The lowest BCUT2D eigenvalue weighted by Crippen LogP contribution is -2.26. The highest BCUT2D eigenvalue weighted by Crippen LogP contribution is 2.29. The first-order valence-corrected chi connectivity index (χ1v) is 8.39. The van der Waals surface area contributed by atoms with Crippen molar-refractivity contribution >= 4 is 54.4 Å². The molecule has 2 aromatic rings. The highest BCUT2D eigenvalue weighted by atomic mass is 35.7. The summed E-state index contributed by atoms with van der Waals surface area (Å²) in [4.78, 5) is 17.2. The number of anilines is 1. The predicted octanol–water partition coefficient (Wildman–Crippen LogP) is 2.16. The van der Waals surface area contributed by atoms with Gasteiger partial charge in [0, 0.05) is 28.7 Å². The van der Waals surface area contributed by atoms with E-state index in [4.69, 9.17) is 26.7 Å². The summed E-state index contributed by atoms with van der Waals surface area (Å²) in [5.74, 6) is -0.392. The number of halogens is 2. The Morgan fingerprint density at radius 1 is 1.40 bits per heavy atom. The van der Waals surface area contributed by atoms with Gasteiger partial charge in [0.05, 0.1) is 0 Å². The fourth-order valence-corrected chi connectivity index (χ4v) is 3.25. The first kappa shape index (κ1) is 13.7. The maximum absolute atomic E-state index is 11.9. The minimum atomic E-state index is -3.79. The third-order valence-electron chi connectivity index (χ3n) is 3.06. The Balaban J connectivity index is 1.97. The van der Waals surface area contributed by atoms with Crippen LogP contribution in [-0.2, 0) is 13.8 Å². The van der Waals surface area contributed by atoms with Gasteiger partial charge in [-0.3, -0.25) is 9.69 Å². The zero-order valence-electron chi connectivity index (χ0n) is 9.92. The van der Waals surface area contributed by atoms with Crippen molar-refractivity contribution in [3.63, 3.8) is 0 Å². The van der Waals surface area contributed by atoms with E-state index in [1.165, 1.54) is 4.90 Å². The molecule has 0 bridgehead atoms. The first-order valence-electron chi connectivity index (χ1n) is 5.64. The molecule has 1 amide bonds. The van der Waals surface area contributed by atoms with Gasteiger partial charge in [-0.25, -0.2) is 8.42 Å². The molecule has 0 N–H and O–H groups in total. The zero-order valence-corrected chi connectivity index (χ0v) is 12.2. The second-order valence-electron chi connectivity index (χ2n) is 4.41. The van der Waals surface area contributed by atoms with Crippen molar-refractivity contribution < 1.29 is 17.6 Å². The number of rotatable bonds is 2. The SMILES string of the molecule is O=C1CC(S(=O)(=O)Cl)CN1c1nc2cc(Cl)ccc2o1. The van der Waals surface area contributed by atoms with Crippen molar-refractivity contribution in [3.05, 3.63) is 23.2 Å². The smallest absolute Gasteiger partial charge is 0.305 e. The van der Waals surface area contributed by atoms with Gasteiger partial charge >= 0.3 is 6.01 Å². The van der Waals surface area contributed by atoms with Crippen LogP contribution in [0.5, 0.6) is 0 Å². The number of aromatic nitrogens is 1. The summed E-state index contributed by atoms with van der Waals surface area (Å²) in [5, 5.41) is -0.457. The maximum atomic E-state index is 11.9. The molecular formula is C11H8Cl2N2O4S. The number of benzene rings is 1. The lowest BCUT2D eigenvalue weighted by atomic mass is 10.3. The summed E-state index contributed by atoms with van der Waals surface area (Å²) in [6.07, 6.45) is -0.175. The first-order chi connectivity index (χ1) is 9.34. The van der Waals surface area contributed by atoms with E-state index in [9.17, 15) is 13.2 Å². The summed E-state index contributed by atoms with van der Waals surface area (Å²) in [6.45, 7) is -0.0643. The van der Waals surface area contributed by atoms with Gasteiger partial charge in [0.15, 0.2) is 5.58 Å². The normalized spacial score (nSPS) is 20.0. The van der Waals surface area contributed by atoms with Crippen LogP contribution in [0.3, 0.4) is 0 Å². The fraction of sp³-hybridized carbons (Fsp3) is 0.273. The maximum Gasteiger partial charge on any atom is 0.305 e. The topological polar surface area (TPSA) is 80.5 Å². The van der Waals surface area contributed by atoms with Crippen LogP contribution in [0.4, 0.5) is 6.01 Å². The quantitative estimate of drug-likeness (QED) is 0.786. The Morgan fingerprint density at radius 2 is 2.15 bits per heavy atom. The molecule has 1 atom stereocenters. The Hall–Kier alpha value is -1.31. The molecule has 0 radical (unpaired) electrons. The molecule has 0 aliphatic carbocycles. The van der Waals surface area contributed by atoms with E-state index in [-0.39, 0.29) is 19.0 Å². The second-order valence-corrected chi connectivity index (χ2v) is 7.76. The van der Waals surface area contributed by atoms with Crippen LogP contribution in [0.2, 0.25) is 5.02 Å². The van der Waals surface area contributed by atoms with E-state index >= 15 is 0 Å². The summed E-state index contributed by atoms with van der Waals surface area (Å²) in [7, 11) is 1.49. The number of amides is 1. The van der Waals surface area contributed by atoms with Gasteiger partial charge in [0.1, 0.15) is 10.8 Å². The third-order valence-corrected chi connectivity index (χ3v) is 5.16. The van der Waals surface area contributed by atoms with Crippen molar-refractivity contribution in [3.8, 4) is 0 Å². The van der Waals surface area contributed by atoms with Gasteiger partial charge in [-0.05, 0) is 18.2 Å². The zero-order chi connectivity index (χ0) is 14.5. The van der Waals surface area contributed by atoms with Crippen molar-refractivity contribution in [1.29, 1.82) is 0 Å². The molecule has 1 aromatic heterocycles. The third kappa shape index (κ3) is 2.36. The van der Waals surface area contributed by atoms with Gasteiger partial charge in [0.25, 0.3) is 0 Å². The second kappa shape index (κ2) is 4.61. The number of oxazole rings is 1. The summed E-state index contributed by atoms with van der Waals surface area (Å²) in [5.41, 5.74) is 0.965. The molecule has 1 aliphatic rings. The van der Waals surface area contributed by atoms with Crippen LogP contribution < -0.4 is 4.90 Å². The van der Waals surface area contributed by atoms with E-state index in [0.29, 0.717) is 16.1 Å². The monoisotopic (exact) mass is 334 g/mol. The number of nitrogens with zero attached hydrogens (tertiary/aromatic N) is 2. The van der Waals surface area contributed by atoms with E-state index in [1.54, 1.807) is 18.2 Å². The van der Waals surface area contributed by atoms with Crippen molar-refractivity contribution in [2.24, 2.45) is 0 Å². The van der Waals surface area contributed by atoms with E-state index < -0.39 is 20.2 Å². The van der Waals surface area contributed by atoms with Crippen molar-refractivity contribution in [1.82, 2.24) is 4.98 Å². The van der Waals surface area contributed by atoms with E-state index in [0.717, 1.165) is 0 Å². The molecule has 1 aromatic carbocycles. The fourth-order valence-electron chi connectivity index (χ4n) is 2.05. The molecular weight excluding hydrogens is 327 g/mol. The highest BCUT2D eigenvalue weighted by molar-refractivity contribution is 8.14. The molecule has 20 heavy (non-hydrogen) atoms. The Bertz CT molecular complexity index is 802. The summed E-state index contributed by atoms with van der Waals surface area (Å²) >= 11 is 5.84. The number of carbonyl (C=O) groups excluding carboxylic acids is 1. The van der Waals surface area contributed by atoms with Gasteiger partial charge in [-0.1, -0.05) is 11.6 Å². The number of hydrogen-bond donors (Lipinski definition) is 0. The van der Waals surface area contributed by atoms with Crippen LogP contribution in [0.1, 0.15) is 6.42 Å². The minimum Gasteiger partial charge on any atom is -0.423 e. The molecule has 3 rings (SSSR count). The van der Waals surface area contributed by atoms with Gasteiger partial charge in [-0.15, -0.1) is 0 Å². The predicted molar refractivity (Wildman–Crippen MR) is 74.5 cm³/mol. The molecule has 106 valence electrons. The van der Waals surface area contributed by atoms with Crippen LogP contribution in [0.25, 0.3) is 11.1 Å². The number of carbonyl (C=O) groups is 1. The van der Waals surface area contributed by atoms with Crippen LogP contribution in [0, 0.1) is 0 Å². The largest absolute Gasteiger partial charge is 0.423 e. The van der Waals surface area contributed by atoms with Crippen LogP contribution in [-0.4, -0.2) is 31.1 Å².